The smallest absolute Gasteiger partial charge is 0.289 e. The Morgan fingerprint density at radius 1 is 1.15 bits per heavy atom. The summed E-state index contributed by atoms with van der Waals surface area (Å²) in [5.74, 6) is 1.17. The molecule has 0 radical (unpaired) electrons. The second-order valence-corrected chi connectivity index (χ2v) is 8.06. The molecule has 0 unspecified atom stereocenters. The Bertz CT molecular complexity index is 963. The molecular weight excluding hydrogens is 384 g/mol. The summed E-state index contributed by atoms with van der Waals surface area (Å²) in [6, 6.07) is 8.57. The number of nitro groups is 1. The van der Waals surface area contributed by atoms with Crippen molar-refractivity contribution in [2.45, 2.75) is 11.4 Å². The van der Waals surface area contributed by atoms with E-state index < -0.39 is 20.6 Å². The van der Waals surface area contributed by atoms with Crippen molar-refractivity contribution < 1.29 is 22.8 Å². The first-order valence-electron chi connectivity index (χ1n) is 7.58. The van der Waals surface area contributed by atoms with Gasteiger partial charge in [0, 0.05) is 19.7 Å². The molecule has 8 nitrogen and oxygen atoms in total. The number of benzene rings is 2. The van der Waals surface area contributed by atoms with Gasteiger partial charge in [0.25, 0.3) is 5.69 Å². The monoisotopic (exact) mass is 398 g/mol. The van der Waals surface area contributed by atoms with Crippen molar-refractivity contribution in [1.82, 2.24) is 4.31 Å². The molecule has 0 amide bonds. The first kappa shape index (κ1) is 18.4. The predicted octanol–water partition coefficient (Wildman–Crippen LogP) is 2.84. The molecule has 1 heterocycles. The van der Waals surface area contributed by atoms with E-state index in [1.54, 1.807) is 18.2 Å². The number of nitro benzene ring substituents is 1. The van der Waals surface area contributed by atoms with Gasteiger partial charge in [0.15, 0.2) is 11.5 Å². The van der Waals surface area contributed by atoms with Crippen LogP contribution in [0.1, 0.15) is 5.56 Å². The highest BCUT2D eigenvalue weighted by Crippen LogP contribution is 2.32. The van der Waals surface area contributed by atoms with Gasteiger partial charge in [-0.15, -0.1) is 0 Å². The Kier molecular flexibility index (Phi) is 5.03. The fourth-order valence-corrected chi connectivity index (χ4v) is 3.87. The number of hydrogen-bond donors (Lipinski definition) is 0. The average molecular weight is 399 g/mol. The van der Waals surface area contributed by atoms with Crippen LogP contribution in [0.25, 0.3) is 0 Å². The number of nitrogens with zero attached hydrogens (tertiary/aromatic N) is 2. The van der Waals surface area contributed by atoms with E-state index in [9.17, 15) is 18.5 Å². The van der Waals surface area contributed by atoms with Crippen LogP contribution in [-0.4, -0.2) is 37.9 Å². The summed E-state index contributed by atoms with van der Waals surface area (Å²) in [4.78, 5) is 10.1. The minimum Gasteiger partial charge on any atom is -0.486 e. The van der Waals surface area contributed by atoms with Gasteiger partial charge in [-0.05, 0) is 29.8 Å². The van der Waals surface area contributed by atoms with Gasteiger partial charge in [-0.1, -0.05) is 17.7 Å². The molecule has 1 aliphatic heterocycles. The number of halogens is 1. The summed E-state index contributed by atoms with van der Waals surface area (Å²) in [6.45, 7) is 0.963. The van der Waals surface area contributed by atoms with Crippen molar-refractivity contribution in [3.8, 4) is 11.5 Å². The SMILES string of the molecule is CN(Cc1ccc2c(c1)OCCO2)S(=O)(=O)c1ccc(Cl)c([N+](=O)[O-])c1. The number of hydrogen-bond acceptors (Lipinski definition) is 6. The van der Waals surface area contributed by atoms with E-state index in [2.05, 4.69) is 0 Å². The van der Waals surface area contributed by atoms with Gasteiger partial charge < -0.3 is 9.47 Å². The van der Waals surface area contributed by atoms with Crippen LogP contribution in [0.4, 0.5) is 5.69 Å². The predicted molar refractivity (Wildman–Crippen MR) is 94.2 cm³/mol. The normalized spacial score (nSPS) is 13.7. The van der Waals surface area contributed by atoms with Crippen molar-refractivity contribution in [3.63, 3.8) is 0 Å². The van der Waals surface area contributed by atoms with E-state index in [-0.39, 0.29) is 16.5 Å². The maximum absolute atomic E-state index is 12.7. The summed E-state index contributed by atoms with van der Waals surface area (Å²) < 4.78 is 37.5. The molecule has 0 atom stereocenters. The van der Waals surface area contributed by atoms with Crippen molar-refractivity contribution >= 4 is 27.3 Å². The zero-order valence-electron chi connectivity index (χ0n) is 13.7. The summed E-state index contributed by atoms with van der Waals surface area (Å²) in [5, 5.41) is 10.9. The molecule has 0 aromatic heterocycles. The third-order valence-corrected chi connectivity index (χ3v) is 5.95. The summed E-state index contributed by atoms with van der Waals surface area (Å²) in [6.07, 6.45) is 0. The Balaban J connectivity index is 1.86. The molecule has 0 spiro atoms. The maximum atomic E-state index is 12.7. The standard InChI is InChI=1S/C16H15ClN2O6S/c1-18(10-11-2-5-15-16(8-11)25-7-6-24-15)26(22,23)12-3-4-13(17)14(9-12)19(20)21/h2-5,8-9H,6-7,10H2,1H3. The summed E-state index contributed by atoms with van der Waals surface area (Å²) >= 11 is 5.74. The molecule has 138 valence electrons. The van der Waals surface area contributed by atoms with Crippen LogP contribution in [0, 0.1) is 10.1 Å². The lowest BCUT2D eigenvalue weighted by molar-refractivity contribution is -0.384. The van der Waals surface area contributed by atoms with Gasteiger partial charge in [-0.3, -0.25) is 10.1 Å². The molecule has 0 aliphatic carbocycles. The van der Waals surface area contributed by atoms with Crippen molar-refractivity contribution in [3.05, 3.63) is 57.1 Å². The van der Waals surface area contributed by atoms with E-state index in [1.807, 2.05) is 0 Å². The van der Waals surface area contributed by atoms with Gasteiger partial charge in [0.1, 0.15) is 18.2 Å². The Hall–Kier alpha value is -2.36. The highest BCUT2D eigenvalue weighted by Gasteiger charge is 2.25. The average Bonchev–Trinajstić information content (AvgIpc) is 2.61. The van der Waals surface area contributed by atoms with Gasteiger partial charge in [0.05, 0.1) is 9.82 Å². The molecule has 0 saturated carbocycles. The summed E-state index contributed by atoms with van der Waals surface area (Å²) in [7, 11) is -2.54. The molecule has 0 fully saturated rings. The molecule has 10 heteroatoms. The number of rotatable bonds is 5. The molecule has 1 aliphatic rings. The zero-order valence-corrected chi connectivity index (χ0v) is 15.3. The van der Waals surface area contributed by atoms with E-state index >= 15 is 0 Å². The minimum atomic E-state index is -3.93. The van der Waals surface area contributed by atoms with E-state index in [0.717, 1.165) is 10.4 Å². The number of sulfonamides is 1. The van der Waals surface area contributed by atoms with Crippen LogP contribution in [0.5, 0.6) is 11.5 Å². The lowest BCUT2D eigenvalue weighted by atomic mass is 10.2. The Labute approximate surface area is 155 Å². The van der Waals surface area contributed by atoms with Crippen molar-refractivity contribution in [1.29, 1.82) is 0 Å². The molecule has 2 aromatic rings. The minimum absolute atomic E-state index is 0.0649. The van der Waals surface area contributed by atoms with Gasteiger partial charge in [0.2, 0.25) is 10.0 Å². The second kappa shape index (κ2) is 7.10. The van der Waals surface area contributed by atoms with Crippen LogP contribution < -0.4 is 9.47 Å². The quantitative estimate of drug-likeness (QED) is 0.567. The Morgan fingerprint density at radius 3 is 2.54 bits per heavy atom. The Morgan fingerprint density at radius 2 is 1.85 bits per heavy atom. The molecule has 0 bridgehead atoms. The number of ether oxygens (including phenoxy) is 2. The molecule has 0 saturated heterocycles. The molecule has 0 N–H and O–H groups in total. The molecule has 3 rings (SSSR count). The highest BCUT2D eigenvalue weighted by molar-refractivity contribution is 7.89. The maximum Gasteiger partial charge on any atom is 0.289 e. The first-order chi connectivity index (χ1) is 12.3. The van der Waals surface area contributed by atoms with Gasteiger partial charge in [-0.25, -0.2) is 8.42 Å². The first-order valence-corrected chi connectivity index (χ1v) is 9.39. The summed E-state index contributed by atoms with van der Waals surface area (Å²) in [5.41, 5.74) is 0.240. The second-order valence-electron chi connectivity index (χ2n) is 5.61. The molecule has 26 heavy (non-hydrogen) atoms. The van der Waals surface area contributed by atoms with E-state index in [0.29, 0.717) is 30.3 Å². The number of fused-ring (bicyclic) bond motifs is 1. The van der Waals surface area contributed by atoms with E-state index in [4.69, 9.17) is 21.1 Å². The van der Waals surface area contributed by atoms with Gasteiger partial charge in [-0.2, -0.15) is 4.31 Å². The van der Waals surface area contributed by atoms with Crippen LogP contribution in [0.15, 0.2) is 41.3 Å². The van der Waals surface area contributed by atoms with Crippen molar-refractivity contribution in [2.24, 2.45) is 0 Å². The third kappa shape index (κ3) is 3.59. The van der Waals surface area contributed by atoms with Crippen molar-refractivity contribution in [2.75, 3.05) is 20.3 Å². The zero-order chi connectivity index (χ0) is 18.9. The van der Waals surface area contributed by atoms with Crippen LogP contribution in [0.3, 0.4) is 0 Å². The molecular formula is C16H15ClN2O6S. The third-order valence-electron chi connectivity index (χ3n) is 3.83. The van der Waals surface area contributed by atoms with Crippen LogP contribution in [0.2, 0.25) is 5.02 Å². The molecule has 2 aromatic carbocycles. The largest absolute Gasteiger partial charge is 0.486 e. The lowest BCUT2D eigenvalue weighted by Crippen LogP contribution is -2.26. The van der Waals surface area contributed by atoms with Crippen LogP contribution >= 0.6 is 11.6 Å². The highest BCUT2D eigenvalue weighted by atomic mass is 35.5. The fraction of sp³-hybridized carbons (Fsp3) is 0.250. The van der Waals surface area contributed by atoms with E-state index in [1.165, 1.54) is 19.2 Å². The lowest BCUT2D eigenvalue weighted by Gasteiger charge is -2.21. The topological polar surface area (TPSA) is 99.0 Å². The van der Waals surface area contributed by atoms with Gasteiger partial charge >= 0.3 is 0 Å². The fourth-order valence-electron chi connectivity index (χ4n) is 2.50. The van der Waals surface area contributed by atoms with Crippen LogP contribution in [-0.2, 0) is 16.6 Å².